The Kier molecular flexibility index (Phi) is 4.57. The molecule has 0 atom stereocenters. The van der Waals surface area contributed by atoms with Crippen molar-refractivity contribution in [2.75, 3.05) is 51.7 Å². The van der Waals surface area contributed by atoms with Crippen LogP contribution in [0.4, 0.5) is 14.9 Å². The predicted octanol–water partition coefficient (Wildman–Crippen LogP) is 1.11. The van der Waals surface area contributed by atoms with Crippen LogP contribution in [0.2, 0.25) is 0 Å². The Hall–Kier alpha value is -1.66. The van der Waals surface area contributed by atoms with Crippen LogP contribution in [0.15, 0.2) is 24.3 Å². The number of nitrogens with one attached hydrogen (secondary N) is 1. The highest BCUT2D eigenvalue weighted by atomic mass is 19.1. The Balaban J connectivity index is 1.89. The van der Waals surface area contributed by atoms with E-state index in [2.05, 4.69) is 12.4 Å². The summed E-state index contributed by atoms with van der Waals surface area (Å²) >= 11 is 0. The molecule has 1 aliphatic rings. The summed E-state index contributed by atoms with van der Waals surface area (Å²) in [6, 6.07) is 5.67. The van der Waals surface area contributed by atoms with Crippen LogP contribution in [0.1, 0.15) is 0 Å². The minimum atomic E-state index is -0.367. The van der Waals surface area contributed by atoms with Crippen molar-refractivity contribution in [2.45, 2.75) is 0 Å². The second-order valence-corrected chi connectivity index (χ2v) is 5.44. The van der Waals surface area contributed by atoms with Crippen molar-refractivity contribution < 1.29 is 18.8 Å². The fourth-order valence-corrected chi connectivity index (χ4v) is 2.38. The third-order valence-electron chi connectivity index (χ3n) is 3.82. The molecule has 5 nitrogen and oxygen atoms in total. The van der Waals surface area contributed by atoms with E-state index in [1.54, 1.807) is 17.0 Å². The number of carbonyl (C=O) groups excluding carboxylic acids is 1. The molecule has 1 saturated heterocycles. The molecule has 1 aromatic carbocycles. The monoisotopic (exact) mass is 282 g/mol. The number of rotatable bonds is 3. The van der Waals surface area contributed by atoms with Gasteiger partial charge in [-0.25, -0.2) is 9.18 Å². The summed E-state index contributed by atoms with van der Waals surface area (Å²) in [5, 5.41) is 11.7. The highest BCUT2D eigenvalue weighted by Gasteiger charge is 2.30. The van der Waals surface area contributed by atoms with E-state index in [0.717, 1.165) is 17.6 Å². The van der Waals surface area contributed by atoms with Crippen LogP contribution in [-0.4, -0.2) is 66.9 Å². The molecule has 1 heterocycles. The third-order valence-corrected chi connectivity index (χ3v) is 3.82. The Morgan fingerprint density at radius 3 is 2.75 bits per heavy atom. The number of carbonyl (C=O) groups is 1. The average molecular weight is 282 g/mol. The number of hydrogen-bond acceptors (Lipinski definition) is 2. The molecule has 0 aromatic heterocycles. The molecule has 1 fully saturated rings. The van der Waals surface area contributed by atoms with Crippen molar-refractivity contribution in [1.29, 1.82) is 0 Å². The van der Waals surface area contributed by atoms with Crippen LogP contribution >= 0.6 is 0 Å². The van der Waals surface area contributed by atoms with Gasteiger partial charge in [-0.2, -0.15) is 0 Å². The maximum absolute atomic E-state index is 13.1. The van der Waals surface area contributed by atoms with Crippen LogP contribution in [0.3, 0.4) is 0 Å². The van der Waals surface area contributed by atoms with Gasteiger partial charge in [-0.15, -0.1) is 0 Å². The van der Waals surface area contributed by atoms with Gasteiger partial charge in [0, 0.05) is 5.69 Å². The van der Waals surface area contributed by atoms with Crippen LogP contribution < -0.4 is 5.32 Å². The molecule has 0 unspecified atom stereocenters. The van der Waals surface area contributed by atoms with Gasteiger partial charge in [-0.05, 0) is 18.2 Å². The van der Waals surface area contributed by atoms with Gasteiger partial charge in [0.1, 0.15) is 12.4 Å². The second-order valence-electron chi connectivity index (χ2n) is 5.44. The van der Waals surface area contributed by atoms with Crippen molar-refractivity contribution in [3.8, 4) is 0 Å². The first-order chi connectivity index (χ1) is 9.52. The molecule has 2 rings (SSSR count). The SMILES string of the molecule is C[N+]1(CCO)CCN(C(=O)Nc2cccc(F)c2)CC1. The molecule has 1 aromatic rings. The van der Waals surface area contributed by atoms with Gasteiger partial charge < -0.3 is 19.8 Å². The van der Waals surface area contributed by atoms with Gasteiger partial charge in [0.15, 0.2) is 0 Å². The summed E-state index contributed by atoms with van der Waals surface area (Å²) in [5.74, 6) is -0.367. The Bertz CT molecular complexity index is 473. The van der Waals surface area contributed by atoms with E-state index in [9.17, 15) is 9.18 Å². The van der Waals surface area contributed by atoms with Gasteiger partial charge in [-0.3, -0.25) is 0 Å². The normalized spacial score (nSPS) is 17.9. The fourth-order valence-electron chi connectivity index (χ4n) is 2.38. The number of anilines is 1. The lowest BCUT2D eigenvalue weighted by Crippen LogP contribution is -2.59. The summed E-state index contributed by atoms with van der Waals surface area (Å²) in [4.78, 5) is 13.8. The van der Waals surface area contributed by atoms with Crippen molar-refractivity contribution in [3.05, 3.63) is 30.1 Å². The van der Waals surface area contributed by atoms with Crippen LogP contribution in [0.25, 0.3) is 0 Å². The largest absolute Gasteiger partial charge is 0.391 e. The summed E-state index contributed by atoms with van der Waals surface area (Å²) in [5.41, 5.74) is 0.466. The van der Waals surface area contributed by atoms with E-state index in [-0.39, 0.29) is 18.5 Å². The first kappa shape index (κ1) is 14.7. The third kappa shape index (κ3) is 3.68. The molecule has 6 heteroatoms. The lowest BCUT2D eigenvalue weighted by atomic mass is 10.2. The smallest absolute Gasteiger partial charge is 0.322 e. The number of aliphatic hydroxyl groups excluding tert-OH is 1. The van der Waals surface area contributed by atoms with Gasteiger partial charge in [0.05, 0.1) is 39.8 Å². The summed E-state index contributed by atoms with van der Waals surface area (Å²) in [6.07, 6.45) is 0. The summed E-state index contributed by atoms with van der Waals surface area (Å²) in [6.45, 7) is 3.77. The highest BCUT2D eigenvalue weighted by molar-refractivity contribution is 5.89. The number of amides is 2. The van der Waals surface area contributed by atoms with Gasteiger partial charge in [-0.1, -0.05) is 6.07 Å². The number of benzene rings is 1. The number of hydrogen-bond donors (Lipinski definition) is 2. The highest BCUT2D eigenvalue weighted by Crippen LogP contribution is 2.13. The van der Waals surface area contributed by atoms with Gasteiger partial charge in [0.25, 0.3) is 0 Å². The van der Waals surface area contributed by atoms with E-state index in [4.69, 9.17) is 5.11 Å². The number of nitrogens with zero attached hydrogens (tertiary/aromatic N) is 2. The quantitative estimate of drug-likeness (QED) is 0.816. The zero-order chi connectivity index (χ0) is 14.6. The topological polar surface area (TPSA) is 52.6 Å². The molecule has 0 spiro atoms. The number of aliphatic hydroxyl groups is 1. The predicted molar refractivity (Wildman–Crippen MR) is 74.9 cm³/mol. The summed E-state index contributed by atoms with van der Waals surface area (Å²) < 4.78 is 13.8. The number of quaternary nitrogens is 1. The minimum Gasteiger partial charge on any atom is -0.391 e. The van der Waals surface area contributed by atoms with E-state index >= 15 is 0 Å². The second kappa shape index (κ2) is 6.19. The molecular formula is C14H21FN3O2+. The van der Waals surface area contributed by atoms with E-state index in [1.807, 2.05) is 0 Å². The fraction of sp³-hybridized carbons (Fsp3) is 0.500. The minimum absolute atomic E-state index is 0.159. The lowest BCUT2D eigenvalue weighted by molar-refractivity contribution is -0.913. The molecule has 20 heavy (non-hydrogen) atoms. The Morgan fingerprint density at radius 2 is 2.15 bits per heavy atom. The molecule has 0 aliphatic carbocycles. The van der Waals surface area contributed by atoms with Gasteiger partial charge in [0.2, 0.25) is 0 Å². The number of urea groups is 1. The zero-order valence-corrected chi connectivity index (χ0v) is 11.7. The standard InChI is InChI=1S/C14H20FN3O2/c1-18(9-10-19)7-5-17(6-8-18)14(20)16-13-4-2-3-12(15)11-13/h2-4,11,19H,5-10H2,1H3/p+1. The van der Waals surface area contributed by atoms with E-state index < -0.39 is 0 Å². The van der Waals surface area contributed by atoms with Crippen molar-refractivity contribution in [1.82, 2.24) is 4.90 Å². The molecule has 1 aliphatic heterocycles. The first-order valence-corrected chi connectivity index (χ1v) is 6.78. The molecule has 2 amide bonds. The summed E-state index contributed by atoms with van der Waals surface area (Å²) in [7, 11) is 2.08. The lowest BCUT2D eigenvalue weighted by Gasteiger charge is -2.41. The molecule has 0 radical (unpaired) electrons. The number of halogens is 1. The maximum Gasteiger partial charge on any atom is 0.322 e. The molecule has 0 bridgehead atoms. The first-order valence-electron chi connectivity index (χ1n) is 6.78. The zero-order valence-electron chi connectivity index (χ0n) is 11.7. The average Bonchev–Trinajstić information content (AvgIpc) is 2.39. The molecule has 0 saturated carbocycles. The van der Waals surface area contributed by atoms with Crippen LogP contribution in [0.5, 0.6) is 0 Å². The van der Waals surface area contributed by atoms with Crippen LogP contribution in [-0.2, 0) is 0 Å². The van der Waals surface area contributed by atoms with E-state index in [0.29, 0.717) is 25.3 Å². The molecular weight excluding hydrogens is 261 g/mol. The van der Waals surface area contributed by atoms with E-state index in [1.165, 1.54) is 12.1 Å². The van der Waals surface area contributed by atoms with Gasteiger partial charge >= 0.3 is 6.03 Å². The Morgan fingerprint density at radius 1 is 1.45 bits per heavy atom. The molecule has 110 valence electrons. The number of likely N-dealkylation sites (N-methyl/N-ethyl adjacent to an activating group) is 1. The Labute approximate surface area is 118 Å². The molecule has 2 N–H and O–H groups in total. The van der Waals surface area contributed by atoms with Crippen molar-refractivity contribution >= 4 is 11.7 Å². The van der Waals surface area contributed by atoms with Crippen LogP contribution in [0, 0.1) is 5.82 Å². The maximum atomic E-state index is 13.1. The van der Waals surface area contributed by atoms with Crippen molar-refractivity contribution in [2.24, 2.45) is 0 Å². The number of piperazine rings is 1. The van der Waals surface area contributed by atoms with Crippen molar-refractivity contribution in [3.63, 3.8) is 0 Å².